The quantitative estimate of drug-likeness (QED) is 0.183. The molecule has 2 nitrogen and oxygen atoms in total. The molecule has 0 amide bonds. The number of halogens is 10. The van der Waals surface area contributed by atoms with Gasteiger partial charge in [-0.05, 0) is 13.8 Å². The highest BCUT2D eigenvalue weighted by Crippen LogP contribution is 2.44. The first-order chi connectivity index (χ1) is 13.5. The van der Waals surface area contributed by atoms with Crippen LogP contribution < -0.4 is 10.4 Å². The summed E-state index contributed by atoms with van der Waals surface area (Å²) in [6.07, 6.45) is 0. The molecule has 13 heteroatoms. The van der Waals surface area contributed by atoms with Gasteiger partial charge in [-0.25, -0.2) is 0 Å². The predicted molar refractivity (Wildman–Crippen MR) is 131 cm³/mol. The van der Waals surface area contributed by atoms with Crippen LogP contribution >= 0.6 is 116 Å². The van der Waals surface area contributed by atoms with Crippen molar-refractivity contribution in [1.82, 2.24) is 0 Å². The Balaban J connectivity index is 3.14. The summed E-state index contributed by atoms with van der Waals surface area (Å²) in [5, 5.41) is 0.0783. The molecule has 0 unspecified atom stereocenters. The molecule has 0 saturated heterocycles. The van der Waals surface area contributed by atoms with E-state index in [0.29, 0.717) is 0 Å². The molecule has 0 aromatic heterocycles. The van der Waals surface area contributed by atoms with Crippen molar-refractivity contribution >= 4 is 135 Å². The molecule has 2 aromatic rings. The third kappa shape index (κ3) is 4.61. The van der Waals surface area contributed by atoms with Crippen molar-refractivity contribution in [2.45, 2.75) is 13.8 Å². The van der Waals surface area contributed by atoms with Crippen molar-refractivity contribution in [2.75, 3.05) is 13.2 Å². The van der Waals surface area contributed by atoms with Gasteiger partial charge in [-0.2, -0.15) is 0 Å². The van der Waals surface area contributed by atoms with Gasteiger partial charge in [0.1, 0.15) is 0 Å². The van der Waals surface area contributed by atoms with Crippen LogP contribution in [0.25, 0.3) is 0 Å². The first kappa shape index (κ1) is 26.7. The standard InChI is InChI=1S/C16H10Cl10O2Si/c1-3-27-29(28-4-2,15-11(23)7(19)5(17)8(20)12(15)24)16-13(25)9(21)6(18)10(22)14(16)26/h3-4H2,1-2H3. The lowest BCUT2D eigenvalue weighted by Gasteiger charge is -2.34. The zero-order valence-electron chi connectivity index (χ0n) is 14.5. The molecule has 0 spiro atoms. The molecule has 0 radical (unpaired) electrons. The molecule has 0 heterocycles. The second kappa shape index (κ2) is 10.6. The summed E-state index contributed by atoms with van der Waals surface area (Å²) in [6.45, 7) is 3.81. The summed E-state index contributed by atoms with van der Waals surface area (Å²) in [6, 6.07) is 0. The topological polar surface area (TPSA) is 18.5 Å². The minimum atomic E-state index is -3.88. The average molecular weight is 617 g/mol. The highest BCUT2D eigenvalue weighted by Gasteiger charge is 2.51. The largest absolute Gasteiger partial charge is 0.413 e. The summed E-state index contributed by atoms with van der Waals surface area (Å²) in [7, 11) is -3.88. The molecule has 0 aliphatic carbocycles. The van der Waals surface area contributed by atoms with Gasteiger partial charge in [0.2, 0.25) is 0 Å². The van der Waals surface area contributed by atoms with Gasteiger partial charge in [-0.3, -0.25) is 0 Å². The zero-order valence-corrected chi connectivity index (χ0v) is 23.1. The van der Waals surface area contributed by atoms with Gasteiger partial charge >= 0.3 is 8.56 Å². The van der Waals surface area contributed by atoms with Crippen molar-refractivity contribution in [1.29, 1.82) is 0 Å². The molecule has 0 saturated carbocycles. The molecule has 0 fully saturated rings. The summed E-state index contributed by atoms with van der Waals surface area (Å²) in [5.74, 6) is 0. The highest BCUT2D eigenvalue weighted by molar-refractivity contribution is 6.98. The van der Waals surface area contributed by atoms with Crippen LogP contribution in [0.2, 0.25) is 50.2 Å². The van der Waals surface area contributed by atoms with E-state index < -0.39 is 8.56 Å². The molecule has 0 aliphatic heterocycles. The van der Waals surface area contributed by atoms with E-state index in [1.807, 2.05) is 0 Å². The summed E-state index contributed by atoms with van der Waals surface area (Å²) in [4.78, 5) is 0. The Morgan fingerprint density at radius 2 is 0.655 bits per heavy atom. The van der Waals surface area contributed by atoms with Crippen LogP contribution in [0.4, 0.5) is 0 Å². The lowest BCUT2D eigenvalue weighted by molar-refractivity contribution is 0.208. The molecule has 29 heavy (non-hydrogen) atoms. The smallest absolute Gasteiger partial charge is 0.388 e. The third-order valence-corrected chi connectivity index (χ3v) is 12.7. The Kier molecular flexibility index (Phi) is 9.77. The van der Waals surface area contributed by atoms with E-state index in [2.05, 4.69) is 0 Å². The Labute approximate surface area is 219 Å². The van der Waals surface area contributed by atoms with Gasteiger partial charge in [-0.1, -0.05) is 116 Å². The molecular formula is C16H10Cl10O2Si. The maximum atomic E-state index is 6.53. The van der Waals surface area contributed by atoms with Crippen LogP contribution in [-0.2, 0) is 8.85 Å². The molecule has 0 atom stereocenters. The van der Waals surface area contributed by atoms with Gasteiger partial charge in [0.05, 0.1) is 50.2 Å². The first-order valence-corrected chi connectivity index (χ1v) is 13.4. The Bertz CT molecular complexity index is 830. The van der Waals surface area contributed by atoms with E-state index in [9.17, 15) is 0 Å². The van der Waals surface area contributed by atoms with Crippen molar-refractivity contribution < 1.29 is 8.85 Å². The lowest BCUT2D eigenvalue weighted by Crippen LogP contribution is -2.65. The maximum absolute atomic E-state index is 6.53. The lowest BCUT2D eigenvalue weighted by atomic mass is 10.3. The van der Waals surface area contributed by atoms with E-state index >= 15 is 0 Å². The molecule has 2 aromatic carbocycles. The van der Waals surface area contributed by atoms with Gasteiger partial charge in [0.25, 0.3) is 0 Å². The minimum absolute atomic E-state index is 0.0195. The number of rotatable bonds is 6. The van der Waals surface area contributed by atoms with Gasteiger partial charge in [0, 0.05) is 23.6 Å². The monoisotopic (exact) mass is 612 g/mol. The number of benzene rings is 2. The zero-order chi connectivity index (χ0) is 22.3. The fraction of sp³-hybridized carbons (Fsp3) is 0.250. The van der Waals surface area contributed by atoms with Crippen LogP contribution in [0.1, 0.15) is 13.8 Å². The van der Waals surface area contributed by atoms with E-state index in [1.54, 1.807) is 13.8 Å². The Hall–Kier alpha value is 1.48. The normalized spacial score (nSPS) is 12.0. The Morgan fingerprint density at radius 3 is 0.862 bits per heavy atom. The summed E-state index contributed by atoms with van der Waals surface area (Å²) >= 11 is 63.5. The van der Waals surface area contributed by atoms with E-state index in [0.717, 1.165) is 0 Å². The van der Waals surface area contributed by atoms with E-state index in [1.165, 1.54) is 0 Å². The summed E-state index contributed by atoms with van der Waals surface area (Å²) in [5.41, 5.74) is 0. The van der Waals surface area contributed by atoms with Gasteiger partial charge in [0.15, 0.2) is 0 Å². The SMILES string of the molecule is CCO[Si](OCC)(c1c(Cl)c(Cl)c(Cl)c(Cl)c1Cl)c1c(Cl)c(Cl)c(Cl)c(Cl)c1Cl. The van der Waals surface area contributed by atoms with Crippen LogP contribution in [0.5, 0.6) is 0 Å². The van der Waals surface area contributed by atoms with Crippen LogP contribution in [-0.4, -0.2) is 21.8 Å². The van der Waals surface area contributed by atoms with Crippen molar-refractivity contribution in [3.05, 3.63) is 50.2 Å². The second-order valence-corrected chi connectivity index (χ2v) is 12.0. The van der Waals surface area contributed by atoms with E-state index in [-0.39, 0.29) is 73.8 Å². The average Bonchev–Trinajstić information content (AvgIpc) is 2.68. The third-order valence-electron chi connectivity index (χ3n) is 3.77. The molecule has 0 aliphatic rings. The molecule has 2 rings (SSSR count). The highest BCUT2D eigenvalue weighted by atomic mass is 35.5. The first-order valence-electron chi connectivity index (χ1n) is 7.79. The van der Waals surface area contributed by atoms with Gasteiger partial charge < -0.3 is 8.85 Å². The molecular weight excluding hydrogens is 607 g/mol. The fourth-order valence-electron chi connectivity index (χ4n) is 2.65. The molecule has 0 bridgehead atoms. The number of hydrogen-bond acceptors (Lipinski definition) is 2. The maximum Gasteiger partial charge on any atom is 0.413 e. The van der Waals surface area contributed by atoms with Gasteiger partial charge in [-0.15, -0.1) is 0 Å². The van der Waals surface area contributed by atoms with Crippen molar-refractivity contribution in [3.63, 3.8) is 0 Å². The van der Waals surface area contributed by atoms with Crippen molar-refractivity contribution in [2.24, 2.45) is 0 Å². The Morgan fingerprint density at radius 1 is 0.448 bits per heavy atom. The van der Waals surface area contributed by atoms with Crippen LogP contribution in [0.3, 0.4) is 0 Å². The van der Waals surface area contributed by atoms with Crippen LogP contribution in [0.15, 0.2) is 0 Å². The van der Waals surface area contributed by atoms with Crippen LogP contribution in [0, 0.1) is 0 Å². The minimum Gasteiger partial charge on any atom is -0.388 e. The van der Waals surface area contributed by atoms with Crippen molar-refractivity contribution in [3.8, 4) is 0 Å². The summed E-state index contributed by atoms with van der Waals surface area (Å²) < 4.78 is 12.2. The predicted octanol–water partition coefficient (Wildman–Crippen LogP) is 8.85. The van der Waals surface area contributed by atoms with E-state index in [4.69, 9.17) is 125 Å². The fourth-order valence-corrected chi connectivity index (χ4v) is 10.1. The molecule has 0 N–H and O–H groups in total. The number of hydrogen-bond donors (Lipinski definition) is 0. The molecule has 160 valence electrons. The second-order valence-electron chi connectivity index (χ2n) is 5.37.